The minimum absolute atomic E-state index is 0.0316. The summed E-state index contributed by atoms with van der Waals surface area (Å²) in [5.41, 5.74) is 0. The van der Waals surface area contributed by atoms with Crippen LogP contribution in [0.2, 0.25) is 0 Å². The van der Waals surface area contributed by atoms with Gasteiger partial charge in [0, 0.05) is 19.4 Å². The highest BCUT2D eigenvalue weighted by atomic mass is 16.6. The summed E-state index contributed by atoms with van der Waals surface area (Å²) in [6, 6.07) is 0. The Morgan fingerprint density at radius 2 is 0.657 bits per heavy atom. The van der Waals surface area contributed by atoms with E-state index in [1.807, 2.05) is 0 Å². The first kappa shape index (κ1) is 65.8. The van der Waals surface area contributed by atoms with Crippen LogP contribution < -0.4 is 0 Å². The Morgan fingerprint density at radius 3 is 1.07 bits per heavy atom. The number of ether oxygens (including phenoxy) is 3. The lowest BCUT2D eigenvalue weighted by Crippen LogP contribution is -2.30. The van der Waals surface area contributed by atoms with Crippen molar-refractivity contribution in [2.75, 3.05) is 19.8 Å². The van der Waals surface area contributed by atoms with Gasteiger partial charge >= 0.3 is 11.9 Å². The Labute approximate surface area is 431 Å². The Balaban J connectivity index is 4.46. The summed E-state index contributed by atoms with van der Waals surface area (Å²) in [6.45, 7) is 7.45. The number of allylic oxidation sites excluding steroid dienone is 24. The molecule has 0 N–H and O–H groups in total. The predicted octanol–water partition coefficient (Wildman–Crippen LogP) is 19.7. The molecule has 0 aliphatic heterocycles. The second kappa shape index (κ2) is 59.1. The molecule has 1 atom stereocenters. The summed E-state index contributed by atoms with van der Waals surface area (Å²) in [5.74, 6) is -0.507. The van der Waals surface area contributed by atoms with Gasteiger partial charge in [-0.25, -0.2) is 0 Å². The Kier molecular flexibility index (Phi) is 55.5. The number of hydrogen-bond acceptors (Lipinski definition) is 5. The van der Waals surface area contributed by atoms with Gasteiger partial charge in [-0.05, 0) is 135 Å². The molecule has 0 radical (unpaired) electrons. The van der Waals surface area contributed by atoms with E-state index in [4.69, 9.17) is 14.2 Å². The summed E-state index contributed by atoms with van der Waals surface area (Å²) in [6.07, 6.45) is 85.8. The molecular weight excluding hydrogens is 861 g/mol. The molecule has 0 rings (SSSR count). The van der Waals surface area contributed by atoms with Gasteiger partial charge in [-0.1, -0.05) is 224 Å². The molecule has 0 spiro atoms. The van der Waals surface area contributed by atoms with Gasteiger partial charge in [0.05, 0.1) is 6.61 Å². The van der Waals surface area contributed by atoms with Gasteiger partial charge in [-0.15, -0.1) is 0 Å². The predicted molar refractivity (Wildman–Crippen MR) is 306 cm³/mol. The first-order valence-electron chi connectivity index (χ1n) is 28.4. The molecule has 0 heterocycles. The van der Waals surface area contributed by atoms with Crippen molar-refractivity contribution in [1.82, 2.24) is 0 Å². The van der Waals surface area contributed by atoms with Crippen LogP contribution in [0.15, 0.2) is 146 Å². The highest BCUT2D eigenvalue weighted by molar-refractivity contribution is 5.70. The molecule has 0 fully saturated rings. The fourth-order valence-electron chi connectivity index (χ4n) is 7.19. The smallest absolute Gasteiger partial charge is 0.306 e. The highest BCUT2D eigenvalue weighted by Gasteiger charge is 2.17. The zero-order chi connectivity index (χ0) is 50.6. The third kappa shape index (κ3) is 56.4. The highest BCUT2D eigenvalue weighted by Crippen LogP contribution is 2.12. The molecule has 394 valence electrons. The average molecular weight is 966 g/mol. The van der Waals surface area contributed by atoms with Gasteiger partial charge in [0.1, 0.15) is 6.61 Å². The first-order valence-corrected chi connectivity index (χ1v) is 28.4. The van der Waals surface area contributed by atoms with Gasteiger partial charge in [-0.2, -0.15) is 0 Å². The maximum Gasteiger partial charge on any atom is 0.306 e. The van der Waals surface area contributed by atoms with E-state index in [9.17, 15) is 9.59 Å². The maximum atomic E-state index is 12.9. The number of carbonyl (C=O) groups is 2. The van der Waals surface area contributed by atoms with Crippen LogP contribution in [0.3, 0.4) is 0 Å². The molecule has 1 unspecified atom stereocenters. The monoisotopic (exact) mass is 965 g/mol. The van der Waals surface area contributed by atoms with Crippen molar-refractivity contribution < 1.29 is 23.8 Å². The van der Waals surface area contributed by atoms with Crippen molar-refractivity contribution in [3.05, 3.63) is 146 Å². The molecular formula is C65H104O5. The van der Waals surface area contributed by atoms with Crippen molar-refractivity contribution in [2.45, 2.75) is 232 Å². The van der Waals surface area contributed by atoms with E-state index in [0.717, 1.165) is 128 Å². The third-order valence-corrected chi connectivity index (χ3v) is 11.3. The molecule has 0 saturated carbocycles. The van der Waals surface area contributed by atoms with Crippen LogP contribution >= 0.6 is 0 Å². The number of esters is 2. The second-order valence-electron chi connectivity index (χ2n) is 18.1. The van der Waals surface area contributed by atoms with Crippen molar-refractivity contribution in [3.63, 3.8) is 0 Å². The lowest BCUT2D eigenvalue weighted by atomic mass is 10.1. The average Bonchev–Trinajstić information content (AvgIpc) is 3.36. The quantitative estimate of drug-likeness (QED) is 0.0345. The molecule has 0 aromatic rings. The number of hydrogen-bond donors (Lipinski definition) is 0. The summed E-state index contributed by atoms with van der Waals surface area (Å²) in [5, 5.41) is 0. The van der Waals surface area contributed by atoms with Crippen LogP contribution in [0.5, 0.6) is 0 Å². The van der Waals surface area contributed by atoms with Crippen LogP contribution in [0.4, 0.5) is 0 Å². The van der Waals surface area contributed by atoms with Gasteiger partial charge in [0.2, 0.25) is 0 Å². The number of unbranched alkanes of at least 4 members (excludes halogenated alkanes) is 15. The summed E-state index contributed by atoms with van der Waals surface area (Å²) in [4.78, 5) is 25.5. The molecule has 0 aliphatic carbocycles. The van der Waals surface area contributed by atoms with E-state index >= 15 is 0 Å². The summed E-state index contributed by atoms with van der Waals surface area (Å²) in [7, 11) is 0. The topological polar surface area (TPSA) is 61.8 Å². The zero-order valence-corrected chi connectivity index (χ0v) is 45.2. The van der Waals surface area contributed by atoms with Gasteiger partial charge in [-0.3, -0.25) is 9.59 Å². The first-order chi connectivity index (χ1) is 34.6. The largest absolute Gasteiger partial charge is 0.462 e. The van der Waals surface area contributed by atoms with E-state index in [0.29, 0.717) is 19.4 Å². The minimum atomic E-state index is -0.590. The van der Waals surface area contributed by atoms with Crippen molar-refractivity contribution >= 4 is 11.9 Å². The van der Waals surface area contributed by atoms with Gasteiger partial charge < -0.3 is 14.2 Å². The zero-order valence-electron chi connectivity index (χ0n) is 45.2. The third-order valence-electron chi connectivity index (χ3n) is 11.3. The van der Waals surface area contributed by atoms with Crippen LogP contribution in [0, 0.1) is 0 Å². The number of rotatable bonds is 50. The molecule has 0 amide bonds. The Hall–Kier alpha value is -4.22. The van der Waals surface area contributed by atoms with Crippen LogP contribution in [0.25, 0.3) is 0 Å². The molecule has 5 nitrogen and oxygen atoms in total. The fourth-order valence-corrected chi connectivity index (χ4v) is 7.19. The minimum Gasteiger partial charge on any atom is -0.462 e. The summed E-state index contributed by atoms with van der Waals surface area (Å²) < 4.78 is 17.4. The van der Waals surface area contributed by atoms with Gasteiger partial charge in [0.25, 0.3) is 0 Å². The summed E-state index contributed by atoms with van der Waals surface area (Å²) >= 11 is 0. The standard InChI is InChI=1S/C65H104O5/c1-4-7-10-13-16-19-22-25-28-31-32-33-36-39-42-45-48-51-54-57-60-68-61-63(70-65(67)59-56-53-50-47-44-41-38-35-30-27-24-21-18-15-12-9-6-3)62-69-64(66)58-55-52-49-46-43-40-37-34-29-26-23-20-17-14-11-8-5-2/h8-9,11-12,16-21,25-30,32-33,37-38,40-41,46,49,63H,4-7,10,13-15,22-24,31,34-36,39,42-45,47-48,50-62H2,1-3H3/b11-8-,12-9-,19-16-,20-17-,21-18-,28-25-,29-26-,30-27-,33-32-,40-37-,41-38-,49-46-. The SMILES string of the molecule is CC/C=C\C/C=C\C/C=C\C/C=C\C/C=C\CCCC(=O)OCC(COCCCCCCCCC/C=C\C/C=C\C/C=C\CCCCC)OC(=O)CCCCCC/C=C\C/C=C\C/C=C\C/C=C\CC. The lowest BCUT2D eigenvalue weighted by Gasteiger charge is -2.18. The maximum absolute atomic E-state index is 12.9. The fraction of sp³-hybridized carbons (Fsp3) is 0.600. The van der Waals surface area contributed by atoms with Crippen molar-refractivity contribution in [1.29, 1.82) is 0 Å². The number of carbonyl (C=O) groups excluding carboxylic acids is 2. The Morgan fingerprint density at radius 1 is 0.329 bits per heavy atom. The lowest BCUT2D eigenvalue weighted by molar-refractivity contribution is -0.163. The van der Waals surface area contributed by atoms with E-state index in [2.05, 4.69) is 167 Å². The van der Waals surface area contributed by atoms with E-state index in [1.165, 1.54) is 64.2 Å². The molecule has 0 aliphatic rings. The molecule has 5 heteroatoms. The van der Waals surface area contributed by atoms with Gasteiger partial charge in [0.15, 0.2) is 6.10 Å². The molecule has 0 aromatic carbocycles. The molecule has 70 heavy (non-hydrogen) atoms. The molecule has 0 saturated heterocycles. The van der Waals surface area contributed by atoms with Crippen LogP contribution in [-0.4, -0.2) is 37.9 Å². The van der Waals surface area contributed by atoms with E-state index in [1.54, 1.807) is 0 Å². The van der Waals surface area contributed by atoms with E-state index < -0.39 is 6.10 Å². The van der Waals surface area contributed by atoms with Crippen LogP contribution in [-0.2, 0) is 23.8 Å². The second-order valence-corrected chi connectivity index (χ2v) is 18.1. The van der Waals surface area contributed by atoms with E-state index in [-0.39, 0.29) is 25.2 Å². The molecule has 0 aromatic heterocycles. The van der Waals surface area contributed by atoms with Crippen molar-refractivity contribution in [3.8, 4) is 0 Å². The molecule has 0 bridgehead atoms. The van der Waals surface area contributed by atoms with Crippen LogP contribution in [0.1, 0.15) is 226 Å². The normalized spacial score (nSPS) is 13.4. The Bertz CT molecular complexity index is 1510. The van der Waals surface area contributed by atoms with Crippen molar-refractivity contribution in [2.24, 2.45) is 0 Å².